The Balaban J connectivity index is 1.23. The molecule has 3 aliphatic heterocycles. The molecule has 0 radical (unpaired) electrons. The normalized spacial score (nSPS) is 19.5. The minimum Gasteiger partial charge on any atom is -0.456 e. The SMILES string of the molecule is [2H]C([2H])([2H])c1cc2[n+](cc1C([2H])([2H])[2H])C1(c3cc(F)ccc3-2)c2ccc3c(oc4cc(-c5c(F)cc(F)cc5F)ccc43)c2C2(C)N(c3c(C(C)C)cc(-c4ccc([Si](C)(C)C)cc4)cc3C(C)C)c3ccccc3N21. The third-order valence-electron chi connectivity index (χ3n) is 15.1. The van der Waals surface area contributed by atoms with Crippen LogP contribution in [0.25, 0.3) is 55.4 Å². The molecule has 0 bridgehead atoms. The van der Waals surface area contributed by atoms with E-state index < -0.39 is 61.9 Å². The Morgan fingerprint density at radius 2 is 1.30 bits per heavy atom. The summed E-state index contributed by atoms with van der Waals surface area (Å²) in [4.78, 5) is 4.56. The van der Waals surface area contributed by atoms with Gasteiger partial charge in [-0.25, -0.2) is 17.6 Å². The van der Waals surface area contributed by atoms with Gasteiger partial charge in [-0.05, 0) is 133 Å². The first-order valence-electron chi connectivity index (χ1n) is 26.8. The summed E-state index contributed by atoms with van der Waals surface area (Å²) >= 11 is 0. The summed E-state index contributed by atoms with van der Waals surface area (Å²) in [5, 5.41) is 2.63. The Bertz CT molecular complexity index is 3910. The lowest BCUT2D eigenvalue weighted by Gasteiger charge is -2.43. The molecule has 0 saturated carbocycles. The molecular formula is C61H54F4N3OSi+. The molecule has 1 spiro atoms. The number of nitrogens with zero attached hydrogens (tertiary/aromatic N) is 3. The predicted molar refractivity (Wildman–Crippen MR) is 278 cm³/mol. The molecule has 9 aromatic rings. The summed E-state index contributed by atoms with van der Waals surface area (Å²) in [6, 6.07) is 37.2. The van der Waals surface area contributed by atoms with Gasteiger partial charge in [0.2, 0.25) is 5.69 Å². The Morgan fingerprint density at radius 3 is 1.96 bits per heavy atom. The fourth-order valence-corrected chi connectivity index (χ4v) is 13.2. The van der Waals surface area contributed by atoms with Gasteiger partial charge in [0.15, 0.2) is 11.9 Å². The highest BCUT2D eigenvalue weighted by Gasteiger charge is 2.73. The number of benzene rings is 7. The number of pyridine rings is 1. The second kappa shape index (κ2) is 15.0. The van der Waals surface area contributed by atoms with Crippen LogP contribution in [-0.2, 0) is 11.3 Å². The number of hydrogen-bond donors (Lipinski definition) is 0. The van der Waals surface area contributed by atoms with Gasteiger partial charge in [0.25, 0.3) is 0 Å². The average molecular weight is 955 g/mol. The van der Waals surface area contributed by atoms with Crippen LogP contribution in [-0.4, -0.2) is 8.07 Å². The van der Waals surface area contributed by atoms with E-state index in [9.17, 15) is 4.39 Å². The van der Waals surface area contributed by atoms with Crippen molar-refractivity contribution in [1.29, 1.82) is 0 Å². The first-order valence-corrected chi connectivity index (χ1v) is 27.3. The van der Waals surface area contributed by atoms with Gasteiger partial charge in [-0.3, -0.25) is 4.90 Å². The molecule has 3 aliphatic rings. The summed E-state index contributed by atoms with van der Waals surface area (Å²) in [5.41, 5.74) is 5.98. The lowest BCUT2D eigenvalue weighted by Crippen LogP contribution is -2.66. The van der Waals surface area contributed by atoms with E-state index in [0.29, 0.717) is 56.4 Å². The van der Waals surface area contributed by atoms with Crippen LogP contribution in [0.3, 0.4) is 0 Å². The van der Waals surface area contributed by atoms with E-state index in [2.05, 4.69) is 107 Å². The number of furan rings is 1. The van der Waals surface area contributed by atoms with E-state index in [1.807, 2.05) is 34.9 Å². The molecular weight excluding hydrogens is 895 g/mol. The van der Waals surface area contributed by atoms with Crippen LogP contribution in [0.1, 0.15) is 93.6 Å². The molecule has 0 aliphatic carbocycles. The Hall–Kier alpha value is -6.97. The van der Waals surface area contributed by atoms with Gasteiger partial charge in [0, 0.05) is 42.8 Å². The smallest absolute Gasteiger partial charge is 0.300 e. The maximum atomic E-state index is 16.5. The number of rotatable bonds is 6. The molecule has 0 saturated heterocycles. The van der Waals surface area contributed by atoms with Crippen LogP contribution in [0.4, 0.5) is 34.6 Å². The highest BCUT2D eigenvalue weighted by Crippen LogP contribution is 2.68. The number of aromatic nitrogens is 1. The van der Waals surface area contributed by atoms with Crippen LogP contribution < -0.4 is 19.6 Å². The Kier molecular flexibility index (Phi) is 8.12. The van der Waals surface area contributed by atoms with Crippen molar-refractivity contribution in [1.82, 2.24) is 0 Å². The number of para-hydroxylation sites is 2. The molecule has 2 atom stereocenters. The maximum Gasteiger partial charge on any atom is 0.300 e. The van der Waals surface area contributed by atoms with E-state index in [0.717, 1.165) is 39.3 Å². The van der Waals surface area contributed by atoms with Crippen molar-refractivity contribution in [2.24, 2.45) is 0 Å². The molecule has 350 valence electrons. The second-order valence-electron chi connectivity index (χ2n) is 21.0. The minimum atomic E-state index is -2.90. The third-order valence-corrected chi connectivity index (χ3v) is 17.2. The number of aryl methyl sites for hydroxylation is 2. The molecule has 0 amide bonds. The topological polar surface area (TPSA) is 23.5 Å². The largest absolute Gasteiger partial charge is 0.456 e. The van der Waals surface area contributed by atoms with Crippen molar-refractivity contribution in [3.63, 3.8) is 0 Å². The molecule has 2 aromatic heterocycles. The van der Waals surface area contributed by atoms with Gasteiger partial charge in [-0.2, -0.15) is 4.57 Å². The standard InChI is InChI=1S/C61H54F4N3OSi/c1-33(2)46-26-39(37-15-19-42(20-16-37)70(8,9)10)27-47(34(3)4)58(46)67-52-13-11-12-14-53(52)68-60(67,7)57-48(61(68)49-29-40(62)18-22-45(49)54-25-35(5)36(6)32-66(54)61)24-23-44-43-21-17-38(28-55(43)69-59(44)57)56-50(64)30-41(63)31-51(56)65/h11-34H,1-10H3/q+1/i5D3,6D3. The molecule has 2 unspecified atom stereocenters. The summed E-state index contributed by atoms with van der Waals surface area (Å²) in [7, 11) is -1.60. The summed E-state index contributed by atoms with van der Waals surface area (Å²) in [6.45, 7) is 12.1. The summed E-state index contributed by atoms with van der Waals surface area (Å²) in [6.07, 6.45) is 1.42. The fraction of sp³-hybridized carbons (Fsp3) is 0.230. The number of halogens is 4. The maximum absolute atomic E-state index is 16.5. The number of fused-ring (bicyclic) bond motifs is 16. The van der Waals surface area contributed by atoms with Crippen molar-refractivity contribution in [3.8, 4) is 33.5 Å². The van der Waals surface area contributed by atoms with Crippen molar-refractivity contribution in [2.75, 3.05) is 9.80 Å². The lowest BCUT2D eigenvalue weighted by atomic mass is 9.85. The molecule has 0 N–H and O–H groups in total. The molecule has 9 heteroatoms. The molecule has 4 nitrogen and oxygen atoms in total. The fourth-order valence-electron chi connectivity index (χ4n) is 12.0. The summed E-state index contributed by atoms with van der Waals surface area (Å²) < 4.78 is 123. The average Bonchev–Trinajstić information content (AvgIpc) is 3.45. The van der Waals surface area contributed by atoms with Gasteiger partial charge in [-0.15, -0.1) is 0 Å². The first-order chi connectivity index (χ1) is 35.8. The highest BCUT2D eigenvalue weighted by atomic mass is 28.3. The van der Waals surface area contributed by atoms with Gasteiger partial charge < -0.3 is 9.32 Å². The van der Waals surface area contributed by atoms with E-state index >= 15 is 13.2 Å². The molecule has 5 heterocycles. The first kappa shape index (κ1) is 37.9. The van der Waals surface area contributed by atoms with Gasteiger partial charge in [0.1, 0.15) is 34.4 Å². The van der Waals surface area contributed by atoms with Crippen molar-refractivity contribution in [2.45, 2.75) is 91.1 Å². The molecule has 0 fully saturated rings. The van der Waals surface area contributed by atoms with E-state index in [4.69, 9.17) is 12.6 Å². The minimum absolute atomic E-state index is 0.0300. The number of hydrogen-bond acceptors (Lipinski definition) is 3. The van der Waals surface area contributed by atoms with Crippen LogP contribution in [0.5, 0.6) is 0 Å². The van der Waals surface area contributed by atoms with Crippen molar-refractivity contribution < 1.29 is 34.8 Å². The third kappa shape index (κ3) is 5.90. The second-order valence-corrected chi connectivity index (χ2v) is 26.0. The monoisotopic (exact) mass is 954 g/mol. The lowest BCUT2D eigenvalue weighted by molar-refractivity contribution is -0.727. The number of anilines is 3. The molecule has 70 heavy (non-hydrogen) atoms. The van der Waals surface area contributed by atoms with Gasteiger partial charge in [0.05, 0.1) is 53.0 Å². The zero-order chi connectivity index (χ0) is 54.1. The van der Waals surface area contributed by atoms with Crippen molar-refractivity contribution >= 4 is 52.3 Å². The van der Waals surface area contributed by atoms with Gasteiger partial charge in [-0.1, -0.05) is 95.0 Å². The van der Waals surface area contributed by atoms with Crippen LogP contribution in [0, 0.1) is 37.0 Å². The summed E-state index contributed by atoms with van der Waals surface area (Å²) in [5.74, 6) is -3.82. The van der Waals surface area contributed by atoms with Crippen LogP contribution in [0.15, 0.2) is 138 Å². The van der Waals surface area contributed by atoms with E-state index in [1.165, 1.54) is 29.6 Å². The van der Waals surface area contributed by atoms with Gasteiger partial charge >= 0.3 is 5.66 Å². The predicted octanol–water partition coefficient (Wildman–Crippen LogP) is 15.7. The molecule has 7 aromatic carbocycles. The van der Waals surface area contributed by atoms with Crippen molar-refractivity contribution in [3.05, 3.63) is 196 Å². The highest BCUT2D eigenvalue weighted by molar-refractivity contribution is 6.88. The molecule has 12 rings (SSSR count). The van der Waals surface area contributed by atoms with Crippen LogP contribution >= 0.6 is 0 Å². The van der Waals surface area contributed by atoms with Crippen LogP contribution in [0.2, 0.25) is 19.6 Å². The zero-order valence-corrected chi connectivity index (χ0v) is 41.1. The zero-order valence-electron chi connectivity index (χ0n) is 46.1. The van der Waals surface area contributed by atoms with E-state index in [-0.39, 0.29) is 34.1 Å². The van der Waals surface area contributed by atoms with E-state index in [1.54, 1.807) is 24.3 Å². The Labute approximate surface area is 415 Å². The Morgan fingerprint density at radius 1 is 0.643 bits per heavy atom. The quantitative estimate of drug-likeness (QED) is 0.0943.